The van der Waals surface area contributed by atoms with E-state index in [-0.39, 0.29) is 65.9 Å². The fraction of sp³-hybridized carbons (Fsp3) is 0.517. The first-order valence-electron chi connectivity index (χ1n) is 14.8. The Labute approximate surface area is 251 Å². The molecular formula is C29H33FN8O6. The van der Waals surface area contributed by atoms with Gasteiger partial charge in [-0.05, 0) is 49.9 Å². The normalized spacial score (nSPS) is 21.5. The Bertz CT molecular complexity index is 1650. The number of aromatic nitrogens is 3. The van der Waals surface area contributed by atoms with Crippen LogP contribution in [0.5, 0.6) is 5.88 Å². The molecule has 3 N–H and O–H groups in total. The van der Waals surface area contributed by atoms with Crippen molar-refractivity contribution in [1.29, 1.82) is 0 Å². The Hall–Kier alpha value is -4.37. The number of fused-ring (bicyclic) bond motifs is 3. The van der Waals surface area contributed by atoms with Crippen LogP contribution in [0, 0.1) is 11.7 Å². The molecule has 3 aliphatic heterocycles. The van der Waals surface area contributed by atoms with Crippen molar-refractivity contribution in [3.05, 3.63) is 35.1 Å². The maximum absolute atomic E-state index is 15.5. The molecular weight excluding hydrogens is 575 g/mol. The minimum absolute atomic E-state index is 0.0870. The zero-order valence-electron chi connectivity index (χ0n) is 24.4. The van der Waals surface area contributed by atoms with Gasteiger partial charge >= 0.3 is 6.09 Å². The fourth-order valence-corrected chi connectivity index (χ4v) is 6.45. The number of halogens is 1. The first kappa shape index (κ1) is 28.4. The Morgan fingerprint density at radius 1 is 1.25 bits per heavy atom. The van der Waals surface area contributed by atoms with Crippen LogP contribution >= 0.6 is 0 Å². The van der Waals surface area contributed by atoms with Gasteiger partial charge in [-0.2, -0.15) is 0 Å². The van der Waals surface area contributed by atoms with E-state index in [1.807, 2.05) is 6.07 Å². The van der Waals surface area contributed by atoms with E-state index >= 15 is 4.39 Å². The van der Waals surface area contributed by atoms with Gasteiger partial charge in [-0.3, -0.25) is 14.5 Å². The molecule has 0 saturated carbocycles. The standard InChI is InChI=1S/C29H33FN8O6/c1-15(31-2)26(40)32-11-22-34-19-9-17-7-16(8-18(17)23(30)24(19)43-22)12-37-5-3-29(4-6-37)14-38(28(41)44-29)20-10-33-27-25(35-20)36-21(39)13-42-27/h9-10,15-16,31H,3-8,11-14H2,1-2H3,(H,32,40)(H,35,36,39). The molecule has 2 fully saturated rings. The van der Waals surface area contributed by atoms with Crippen molar-refractivity contribution in [3.8, 4) is 5.88 Å². The SMILES string of the molecule is CNC(C)C(=O)NCc1nc2cc3c(c(F)c2o1)CC(CN1CCC2(CC1)CN(c1cnc4c(n1)NC(=O)CO4)C(=O)O2)C3. The molecule has 14 nitrogen and oxygen atoms in total. The maximum atomic E-state index is 15.5. The van der Waals surface area contributed by atoms with Gasteiger partial charge in [0.05, 0.1) is 25.3 Å². The predicted molar refractivity (Wildman–Crippen MR) is 154 cm³/mol. The number of likely N-dealkylation sites (N-methyl/N-ethyl adjacent to an activating group) is 1. The number of hydrogen-bond acceptors (Lipinski definition) is 11. The van der Waals surface area contributed by atoms with Crippen LogP contribution in [0.4, 0.5) is 20.8 Å². The average Bonchev–Trinajstić information content (AvgIpc) is 3.71. The largest absolute Gasteiger partial charge is 0.465 e. The first-order chi connectivity index (χ1) is 21.2. The van der Waals surface area contributed by atoms with Crippen LogP contribution in [-0.4, -0.2) is 89.2 Å². The van der Waals surface area contributed by atoms with Crippen LogP contribution in [-0.2, 0) is 33.7 Å². The molecule has 7 rings (SSSR count). The third-order valence-electron chi connectivity index (χ3n) is 8.96. The van der Waals surface area contributed by atoms with Crippen molar-refractivity contribution >= 4 is 40.6 Å². The highest BCUT2D eigenvalue weighted by Gasteiger charge is 2.48. The van der Waals surface area contributed by atoms with Crippen molar-refractivity contribution in [2.24, 2.45) is 5.92 Å². The van der Waals surface area contributed by atoms with E-state index in [0.717, 1.165) is 31.6 Å². The summed E-state index contributed by atoms with van der Waals surface area (Å²) < 4.78 is 32.3. The van der Waals surface area contributed by atoms with E-state index < -0.39 is 11.7 Å². The van der Waals surface area contributed by atoms with Gasteiger partial charge < -0.3 is 34.7 Å². The maximum Gasteiger partial charge on any atom is 0.416 e. The predicted octanol–water partition coefficient (Wildman–Crippen LogP) is 1.52. The number of benzene rings is 1. The van der Waals surface area contributed by atoms with Gasteiger partial charge in [0.15, 0.2) is 29.6 Å². The van der Waals surface area contributed by atoms with Gasteiger partial charge in [0, 0.05) is 32.5 Å². The molecule has 1 spiro atoms. The number of rotatable bonds is 7. The second kappa shape index (κ2) is 11.0. The summed E-state index contributed by atoms with van der Waals surface area (Å²) in [6, 6.07) is 1.54. The van der Waals surface area contributed by atoms with E-state index in [0.29, 0.717) is 42.7 Å². The molecule has 0 bridgehead atoms. The molecule has 3 amide bonds. The minimum Gasteiger partial charge on any atom is -0.465 e. The van der Waals surface area contributed by atoms with E-state index in [1.54, 1.807) is 14.0 Å². The molecule has 2 unspecified atom stereocenters. The number of carbonyl (C=O) groups excluding carboxylic acids is 3. The first-order valence-corrected chi connectivity index (χ1v) is 14.8. The summed E-state index contributed by atoms with van der Waals surface area (Å²) in [5.74, 6) is 0.309. The lowest BCUT2D eigenvalue weighted by Crippen LogP contribution is -2.48. The highest BCUT2D eigenvalue weighted by molar-refractivity contribution is 5.95. The summed E-state index contributed by atoms with van der Waals surface area (Å²) in [6.07, 6.45) is 3.61. The molecule has 3 aromatic rings. The molecule has 44 heavy (non-hydrogen) atoms. The smallest absolute Gasteiger partial charge is 0.416 e. The van der Waals surface area contributed by atoms with Crippen LogP contribution in [0.3, 0.4) is 0 Å². The molecule has 4 aliphatic rings. The Morgan fingerprint density at radius 3 is 2.86 bits per heavy atom. The van der Waals surface area contributed by atoms with Gasteiger partial charge in [-0.15, -0.1) is 0 Å². The lowest BCUT2D eigenvalue weighted by Gasteiger charge is -2.38. The number of likely N-dealkylation sites (tertiary alicyclic amines) is 1. The number of nitrogens with one attached hydrogen (secondary N) is 3. The van der Waals surface area contributed by atoms with Crippen molar-refractivity contribution in [2.75, 3.05) is 50.1 Å². The molecule has 232 valence electrons. The Morgan fingerprint density at radius 2 is 2.07 bits per heavy atom. The number of nitrogens with zero attached hydrogens (tertiary/aromatic N) is 5. The van der Waals surface area contributed by atoms with Crippen LogP contribution in [0.1, 0.15) is 36.8 Å². The highest BCUT2D eigenvalue weighted by atomic mass is 19.1. The van der Waals surface area contributed by atoms with E-state index in [1.165, 1.54) is 11.1 Å². The third kappa shape index (κ3) is 5.19. The van der Waals surface area contributed by atoms with Gasteiger partial charge in [0.25, 0.3) is 11.8 Å². The topological polar surface area (TPSA) is 164 Å². The summed E-state index contributed by atoms with van der Waals surface area (Å²) in [4.78, 5) is 53.3. The zero-order valence-corrected chi connectivity index (χ0v) is 24.4. The summed E-state index contributed by atoms with van der Waals surface area (Å²) in [5.41, 5.74) is 1.56. The highest BCUT2D eigenvalue weighted by Crippen LogP contribution is 2.38. The fourth-order valence-electron chi connectivity index (χ4n) is 6.45. The van der Waals surface area contributed by atoms with Crippen molar-refractivity contribution in [2.45, 2.75) is 50.8 Å². The van der Waals surface area contributed by atoms with Gasteiger partial charge in [-0.1, -0.05) is 0 Å². The monoisotopic (exact) mass is 608 g/mol. The quantitative estimate of drug-likeness (QED) is 0.356. The van der Waals surface area contributed by atoms with Crippen molar-refractivity contribution in [1.82, 2.24) is 30.5 Å². The number of ether oxygens (including phenoxy) is 2. The number of carbonyl (C=O) groups is 3. The van der Waals surface area contributed by atoms with Gasteiger partial charge in [0.2, 0.25) is 11.8 Å². The molecule has 1 aliphatic carbocycles. The molecule has 0 radical (unpaired) electrons. The summed E-state index contributed by atoms with van der Waals surface area (Å²) >= 11 is 0. The van der Waals surface area contributed by atoms with Crippen LogP contribution in [0.2, 0.25) is 0 Å². The van der Waals surface area contributed by atoms with Crippen molar-refractivity contribution in [3.63, 3.8) is 0 Å². The molecule has 1 aromatic carbocycles. The molecule has 2 atom stereocenters. The van der Waals surface area contributed by atoms with Gasteiger partial charge in [-0.25, -0.2) is 24.1 Å². The minimum atomic E-state index is -0.631. The van der Waals surface area contributed by atoms with Crippen LogP contribution in [0.15, 0.2) is 16.7 Å². The number of amides is 3. The average molecular weight is 609 g/mol. The molecule has 5 heterocycles. The Kier molecular flexibility index (Phi) is 7.08. The number of hydrogen-bond donors (Lipinski definition) is 3. The van der Waals surface area contributed by atoms with Crippen LogP contribution in [0.25, 0.3) is 11.1 Å². The van der Waals surface area contributed by atoms with Gasteiger partial charge in [0.1, 0.15) is 11.1 Å². The number of oxazole rings is 1. The summed E-state index contributed by atoms with van der Waals surface area (Å²) in [5, 5.41) is 8.22. The van der Waals surface area contributed by atoms with E-state index in [4.69, 9.17) is 13.9 Å². The molecule has 2 saturated heterocycles. The lowest BCUT2D eigenvalue weighted by molar-refractivity contribution is -0.123. The second-order valence-corrected chi connectivity index (χ2v) is 11.9. The van der Waals surface area contributed by atoms with E-state index in [9.17, 15) is 14.4 Å². The zero-order chi connectivity index (χ0) is 30.6. The summed E-state index contributed by atoms with van der Waals surface area (Å²) in [6.45, 7) is 4.32. The van der Waals surface area contributed by atoms with E-state index in [2.05, 4.69) is 35.8 Å². The number of anilines is 2. The molecule has 15 heteroatoms. The molecule has 2 aromatic heterocycles. The third-order valence-corrected chi connectivity index (χ3v) is 8.96. The van der Waals surface area contributed by atoms with Crippen LogP contribution < -0.4 is 25.6 Å². The van der Waals surface area contributed by atoms with Crippen molar-refractivity contribution < 1.29 is 32.7 Å². The Balaban J connectivity index is 0.949. The second-order valence-electron chi connectivity index (χ2n) is 11.9. The summed E-state index contributed by atoms with van der Waals surface area (Å²) in [7, 11) is 1.70. The lowest BCUT2D eigenvalue weighted by atomic mass is 9.90. The number of piperidine rings is 1.